The van der Waals surface area contributed by atoms with E-state index in [1.165, 1.54) is 6.20 Å². The van der Waals surface area contributed by atoms with E-state index in [2.05, 4.69) is 20.4 Å². The monoisotopic (exact) mass is 345 g/mol. The Bertz CT molecular complexity index is 1050. The van der Waals surface area contributed by atoms with Crippen LogP contribution < -0.4 is 10.1 Å². The van der Waals surface area contributed by atoms with Crippen molar-refractivity contribution in [3.05, 3.63) is 84.4 Å². The van der Waals surface area contributed by atoms with Gasteiger partial charge in [-0.25, -0.2) is 14.5 Å². The summed E-state index contributed by atoms with van der Waals surface area (Å²) in [6.07, 6.45) is 6.52. The molecule has 0 aliphatic heterocycles. The number of aromatic nitrogens is 4. The van der Waals surface area contributed by atoms with Crippen molar-refractivity contribution in [1.82, 2.24) is 24.9 Å². The average molecular weight is 345 g/mol. The summed E-state index contributed by atoms with van der Waals surface area (Å²) in [4.78, 5) is 21.0. The predicted octanol–water partition coefficient (Wildman–Crippen LogP) is 2.85. The van der Waals surface area contributed by atoms with Crippen molar-refractivity contribution in [2.45, 2.75) is 6.54 Å². The summed E-state index contributed by atoms with van der Waals surface area (Å²) in [5.74, 6) is 0.885. The molecule has 0 saturated carbocycles. The molecule has 26 heavy (non-hydrogen) atoms. The highest BCUT2D eigenvalue weighted by Gasteiger charge is 2.14. The van der Waals surface area contributed by atoms with Crippen molar-refractivity contribution >= 4 is 11.6 Å². The van der Waals surface area contributed by atoms with Gasteiger partial charge in [0.05, 0.1) is 6.20 Å². The molecule has 0 bridgehead atoms. The van der Waals surface area contributed by atoms with Crippen molar-refractivity contribution in [1.29, 1.82) is 0 Å². The van der Waals surface area contributed by atoms with Crippen LogP contribution in [-0.4, -0.2) is 25.5 Å². The van der Waals surface area contributed by atoms with Crippen LogP contribution in [-0.2, 0) is 6.54 Å². The van der Waals surface area contributed by atoms with Crippen molar-refractivity contribution in [2.75, 3.05) is 0 Å². The number of nitrogens with zero attached hydrogens (tertiary/aromatic N) is 4. The minimum atomic E-state index is -0.256. The topological polar surface area (TPSA) is 81.4 Å². The summed E-state index contributed by atoms with van der Waals surface area (Å²) < 4.78 is 7.37. The molecule has 0 saturated heterocycles. The molecule has 0 aliphatic carbocycles. The van der Waals surface area contributed by atoms with Gasteiger partial charge in [0.15, 0.2) is 5.65 Å². The molecule has 3 aromatic heterocycles. The second-order valence-corrected chi connectivity index (χ2v) is 5.51. The lowest BCUT2D eigenvalue weighted by Gasteiger charge is -2.10. The number of carbonyl (C=O) groups excluding carboxylic acids is 1. The molecular weight excluding hydrogens is 330 g/mol. The normalized spacial score (nSPS) is 10.6. The zero-order valence-corrected chi connectivity index (χ0v) is 13.7. The van der Waals surface area contributed by atoms with E-state index in [9.17, 15) is 4.79 Å². The van der Waals surface area contributed by atoms with Crippen LogP contribution in [0.15, 0.2) is 73.3 Å². The predicted molar refractivity (Wildman–Crippen MR) is 94.9 cm³/mol. The molecule has 1 aromatic carbocycles. The Morgan fingerprint density at radius 3 is 2.77 bits per heavy atom. The molecule has 1 N–H and O–H groups in total. The van der Waals surface area contributed by atoms with E-state index in [0.29, 0.717) is 22.8 Å². The van der Waals surface area contributed by atoms with Crippen molar-refractivity contribution in [3.63, 3.8) is 0 Å². The zero-order chi connectivity index (χ0) is 17.8. The highest BCUT2D eigenvalue weighted by Crippen LogP contribution is 2.22. The number of para-hydroxylation sites is 1. The lowest BCUT2D eigenvalue weighted by molar-refractivity contribution is 0.0952. The maximum atomic E-state index is 12.5. The Balaban J connectivity index is 1.50. The van der Waals surface area contributed by atoms with Crippen molar-refractivity contribution < 1.29 is 9.53 Å². The van der Waals surface area contributed by atoms with E-state index in [1.54, 1.807) is 35.2 Å². The fraction of sp³-hybridized carbons (Fsp3) is 0.0526. The SMILES string of the molecule is O=C(NCc1cccnc1Oc1ccccc1)c1cnn2cccnc12. The van der Waals surface area contributed by atoms with Crippen LogP contribution >= 0.6 is 0 Å². The van der Waals surface area contributed by atoms with Gasteiger partial charge in [-0.2, -0.15) is 5.10 Å². The van der Waals surface area contributed by atoms with Gasteiger partial charge in [-0.1, -0.05) is 24.3 Å². The van der Waals surface area contributed by atoms with Gasteiger partial charge >= 0.3 is 0 Å². The molecule has 0 fully saturated rings. The fourth-order valence-electron chi connectivity index (χ4n) is 2.51. The Hall–Kier alpha value is -3.74. The first-order valence-electron chi connectivity index (χ1n) is 8.04. The second-order valence-electron chi connectivity index (χ2n) is 5.51. The van der Waals surface area contributed by atoms with Crippen LogP contribution in [0.2, 0.25) is 0 Å². The molecule has 1 amide bonds. The highest BCUT2D eigenvalue weighted by molar-refractivity contribution is 5.99. The van der Waals surface area contributed by atoms with Gasteiger partial charge in [-0.3, -0.25) is 4.79 Å². The number of rotatable bonds is 5. The van der Waals surface area contributed by atoms with Gasteiger partial charge in [0.1, 0.15) is 11.3 Å². The van der Waals surface area contributed by atoms with E-state index in [0.717, 1.165) is 5.56 Å². The first-order chi connectivity index (χ1) is 12.8. The van der Waals surface area contributed by atoms with Gasteiger partial charge in [-0.15, -0.1) is 0 Å². The largest absolute Gasteiger partial charge is 0.439 e. The standard InChI is InChI=1S/C19H15N5O2/c25-18(16-13-23-24-11-5-10-20-17(16)24)22-12-14-6-4-9-21-19(14)26-15-7-2-1-3-8-15/h1-11,13H,12H2,(H,22,25). The zero-order valence-electron chi connectivity index (χ0n) is 13.7. The summed E-state index contributed by atoms with van der Waals surface area (Å²) in [6.45, 7) is 0.277. The number of hydrogen-bond acceptors (Lipinski definition) is 5. The minimum absolute atomic E-state index is 0.256. The number of fused-ring (bicyclic) bond motifs is 1. The maximum Gasteiger partial charge on any atom is 0.257 e. The maximum absolute atomic E-state index is 12.5. The molecule has 0 aliphatic rings. The van der Waals surface area contributed by atoms with E-state index in [-0.39, 0.29) is 12.5 Å². The molecule has 0 unspecified atom stereocenters. The lowest BCUT2D eigenvalue weighted by Crippen LogP contribution is -2.23. The summed E-state index contributed by atoms with van der Waals surface area (Å²) >= 11 is 0. The van der Waals surface area contributed by atoms with Gasteiger partial charge < -0.3 is 10.1 Å². The summed E-state index contributed by atoms with van der Waals surface area (Å²) in [7, 11) is 0. The number of amides is 1. The van der Waals surface area contributed by atoms with Gasteiger partial charge in [-0.05, 0) is 24.3 Å². The molecule has 4 aromatic rings. The van der Waals surface area contributed by atoms with Gasteiger partial charge in [0.25, 0.3) is 5.91 Å². The highest BCUT2D eigenvalue weighted by atomic mass is 16.5. The number of hydrogen-bond donors (Lipinski definition) is 1. The van der Waals surface area contributed by atoms with Crippen LogP contribution in [0.1, 0.15) is 15.9 Å². The second kappa shape index (κ2) is 7.02. The van der Waals surface area contributed by atoms with Crippen LogP contribution in [0.25, 0.3) is 5.65 Å². The summed E-state index contributed by atoms with van der Waals surface area (Å²) in [6, 6.07) is 14.8. The molecule has 7 heteroatoms. The summed E-state index contributed by atoms with van der Waals surface area (Å²) in [5, 5.41) is 6.99. The Labute approximate surface area is 149 Å². The van der Waals surface area contributed by atoms with Crippen LogP contribution in [0, 0.1) is 0 Å². The van der Waals surface area contributed by atoms with Crippen LogP contribution in [0.3, 0.4) is 0 Å². The molecule has 128 valence electrons. The number of ether oxygens (including phenoxy) is 1. The lowest BCUT2D eigenvalue weighted by atomic mass is 10.2. The molecule has 4 rings (SSSR count). The Kier molecular flexibility index (Phi) is 4.26. The van der Waals surface area contributed by atoms with E-state index >= 15 is 0 Å². The van der Waals surface area contributed by atoms with E-state index in [4.69, 9.17) is 4.74 Å². The fourth-order valence-corrected chi connectivity index (χ4v) is 2.51. The smallest absolute Gasteiger partial charge is 0.257 e. The Morgan fingerprint density at radius 2 is 1.88 bits per heavy atom. The molecule has 7 nitrogen and oxygen atoms in total. The van der Waals surface area contributed by atoms with E-state index in [1.807, 2.05) is 36.4 Å². The molecule has 0 radical (unpaired) electrons. The average Bonchev–Trinajstić information content (AvgIpc) is 3.12. The first kappa shape index (κ1) is 15.8. The molecule has 0 atom stereocenters. The van der Waals surface area contributed by atoms with Gasteiger partial charge in [0, 0.05) is 30.7 Å². The molecule has 0 spiro atoms. The summed E-state index contributed by atoms with van der Waals surface area (Å²) in [5.41, 5.74) is 1.70. The minimum Gasteiger partial charge on any atom is -0.439 e. The quantitative estimate of drug-likeness (QED) is 0.601. The third-order valence-electron chi connectivity index (χ3n) is 3.77. The van der Waals surface area contributed by atoms with Crippen LogP contribution in [0.4, 0.5) is 0 Å². The molecule has 3 heterocycles. The number of nitrogens with one attached hydrogen (secondary N) is 1. The van der Waals surface area contributed by atoms with Crippen molar-refractivity contribution in [3.8, 4) is 11.6 Å². The van der Waals surface area contributed by atoms with E-state index < -0.39 is 0 Å². The third kappa shape index (κ3) is 3.23. The molecular formula is C19H15N5O2. The van der Waals surface area contributed by atoms with Crippen LogP contribution in [0.5, 0.6) is 11.6 Å². The van der Waals surface area contributed by atoms with Crippen molar-refractivity contribution in [2.24, 2.45) is 0 Å². The Morgan fingerprint density at radius 1 is 1.04 bits per heavy atom. The first-order valence-corrected chi connectivity index (χ1v) is 8.04. The number of carbonyl (C=O) groups is 1. The third-order valence-corrected chi connectivity index (χ3v) is 3.77. The van der Waals surface area contributed by atoms with Gasteiger partial charge in [0.2, 0.25) is 5.88 Å². The number of pyridine rings is 1. The number of benzene rings is 1.